The number of benzene rings is 1. The monoisotopic (exact) mass is 519 g/mol. The van der Waals surface area contributed by atoms with Crippen molar-refractivity contribution in [2.24, 2.45) is 0 Å². The quantitative estimate of drug-likeness (QED) is 0.415. The Morgan fingerprint density at radius 3 is 2.50 bits per heavy atom. The molecule has 0 saturated heterocycles. The zero-order chi connectivity index (χ0) is 25.3. The maximum absolute atomic E-state index is 13.4. The minimum Gasteiger partial charge on any atom is -0.463 e. The fourth-order valence-electron chi connectivity index (χ4n) is 2.98. The second-order valence-corrected chi connectivity index (χ2v) is 10.0. The SMILES string of the molecule is CN(C)CCOC(=O)Cn1nc(C(F)(F)F)c(Cl)c1-c1ccc(-c2cccc(S(C)(=O)=O)c2)o1. The molecule has 184 valence electrons. The van der Waals surface area contributed by atoms with Crippen molar-refractivity contribution >= 4 is 27.4 Å². The average molecular weight is 520 g/mol. The number of carbonyl (C=O) groups excluding carboxylic acids is 1. The van der Waals surface area contributed by atoms with Crippen molar-refractivity contribution < 1.29 is 35.5 Å². The number of likely N-dealkylation sites (N-methyl/N-ethyl adjacent to an activating group) is 1. The number of hydrogen-bond acceptors (Lipinski definition) is 7. The molecule has 0 unspecified atom stereocenters. The van der Waals surface area contributed by atoms with Crippen LogP contribution >= 0.6 is 11.6 Å². The number of rotatable bonds is 8. The van der Waals surface area contributed by atoms with Gasteiger partial charge in [0.2, 0.25) is 0 Å². The lowest BCUT2D eigenvalue weighted by molar-refractivity contribution is -0.146. The van der Waals surface area contributed by atoms with Gasteiger partial charge in [0.1, 0.15) is 29.6 Å². The highest BCUT2D eigenvalue weighted by Gasteiger charge is 2.40. The minimum absolute atomic E-state index is 0.0455. The molecule has 2 heterocycles. The van der Waals surface area contributed by atoms with E-state index in [2.05, 4.69) is 5.10 Å². The molecule has 0 N–H and O–H groups in total. The van der Waals surface area contributed by atoms with Crippen LogP contribution in [-0.4, -0.2) is 62.6 Å². The number of ether oxygens (including phenoxy) is 1. The minimum atomic E-state index is -4.87. The maximum Gasteiger partial charge on any atom is 0.436 e. The van der Waals surface area contributed by atoms with Crippen molar-refractivity contribution in [3.63, 3.8) is 0 Å². The number of nitrogens with zero attached hydrogens (tertiary/aromatic N) is 3. The molecular weight excluding hydrogens is 499 g/mol. The van der Waals surface area contributed by atoms with E-state index < -0.39 is 39.2 Å². The van der Waals surface area contributed by atoms with Gasteiger partial charge in [-0.25, -0.2) is 13.1 Å². The lowest BCUT2D eigenvalue weighted by Crippen LogP contribution is -2.22. The molecule has 1 aromatic carbocycles. The molecule has 3 aromatic rings. The number of esters is 1. The number of alkyl halides is 3. The molecule has 0 aliphatic heterocycles. The third-order valence-corrected chi connectivity index (χ3v) is 6.10. The molecule has 0 saturated carbocycles. The molecular formula is C21H21ClF3N3O5S. The normalized spacial score (nSPS) is 12.4. The molecule has 3 rings (SSSR count). The molecule has 0 amide bonds. The van der Waals surface area contributed by atoms with Crippen molar-refractivity contribution in [2.45, 2.75) is 17.6 Å². The lowest BCUT2D eigenvalue weighted by atomic mass is 10.2. The fourth-order valence-corrected chi connectivity index (χ4v) is 3.98. The highest BCUT2D eigenvalue weighted by Crippen LogP contribution is 2.41. The number of furan rings is 1. The van der Waals surface area contributed by atoms with Gasteiger partial charge in [-0.2, -0.15) is 18.3 Å². The summed E-state index contributed by atoms with van der Waals surface area (Å²) in [7, 11) is 0.0574. The van der Waals surface area contributed by atoms with E-state index in [1.807, 2.05) is 0 Å². The fraction of sp³-hybridized carbons (Fsp3) is 0.333. The first-order valence-corrected chi connectivity index (χ1v) is 12.1. The zero-order valence-corrected chi connectivity index (χ0v) is 20.0. The number of halogens is 4. The largest absolute Gasteiger partial charge is 0.463 e. The van der Waals surface area contributed by atoms with Crippen LogP contribution in [0.1, 0.15) is 5.69 Å². The van der Waals surface area contributed by atoms with Crippen molar-refractivity contribution in [3.8, 4) is 22.8 Å². The number of aromatic nitrogens is 2. The highest BCUT2D eigenvalue weighted by atomic mass is 35.5. The van der Waals surface area contributed by atoms with Crippen molar-refractivity contribution in [3.05, 3.63) is 47.1 Å². The summed E-state index contributed by atoms with van der Waals surface area (Å²) in [6.45, 7) is -0.150. The molecule has 8 nitrogen and oxygen atoms in total. The van der Waals surface area contributed by atoms with Crippen molar-refractivity contribution in [2.75, 3.05) is 33.5 Å². The van der Waals surface area contributed by atoms with Gasteiger partial charge < -0.3 is 14.1 Å². The van der Waals surface area contributed by atoms with Crippen molar-refractivity contribution in [1.82, 2.24) is 14.7 Å². The van der Waals surface area contributed by atoms with Gasteiger partial charge in [-0.3, -0.25) is 4.79 Å². The summed E-state index contributed by atoms with van der Waals surface area (Å²) in [5, 5.41) is 2.74. The van der Waals surface area contributed by atoms with Gasteiger partial charge >= 0.3 is 12.1 Å². The van der Waals surface area contributed by atoms with Crippen LogP contribution in [-0.2, 0) is 32.1 Å². The standard InChI is InChI=1S/C21H21ClF3N3O5S/c1-27(2)9-10-32-17(29)12-28-19(18(22)20(26-28)21(23,24)25)16-8-7-15(33-16)13-5-4-6-14(11-13)34(3,30)31/h4-8,11H,9-10,12H2,1-3H3. The van der Waals surface area contributed by atoms with Crippen LogP contribution in [0.2, 0.25) is 5.02 Å². The Balaban J connectivity index is 1.99. The lowest BCUT2D eigenvalue weighted by Gasteiger charge is -2.10. The van der Waals surface area contributed by atoms with E-state index in [9.17, 15) is 26.4 Å². The molecule has 0 fully saturated rings. The van der Waals surface area contributed by atoms with E-state index in [-0.39, 0.29) is 28.7 Å². The third-order valence-electron chi connectivity index (χ3n) is 4.63. The second-order valence-electron chi connectivity index (χ2n) is 7.65. The number of sulfone groups is 1. The number of carbonyl (C=O) groups is 1. The van der Waals surface area contributed by atoms with Gasteiger partial charge in [0, 0.05) is 18.4 Å². The van der Waals surface area contributed by atoms with E-state index >= 15 is 0 Å². The van der Waals surface area contributed by atoms with Gasteiger partial charge in [-0.15, -0.1) is 0 Å². The van der Waals surface area contributed by atoms with Crippen LogP contribution in [0.5, 0.6) is 0 Å². The molecule has 2 aromatic heterocycles. The van der Waals surface area contributed by atoms with Gasteiger partial charge in [0.25, 0.3) is 0 Å². The van der Waals surface area contributed by atoms with Crippen LogP contribution in [0.3, 0.4) is 0 Å². The second kappa shape index (κ2) is 9.80. The Labute approximate surface area is 198 Å². The molecule has 0 spiro atoms. The van der Waals surface area contributed by atoms with Crippen LogP contribution in [0.15, 0.2) is 45.7 Å². The average Bonchev–Trinajstić information content (AvgIpc) is 3.31. The Kier molecular flexibility index (Phi) is 7.44. The van der Waals surface area contributed by atoms with E-state index in [0.29, 0.717) is 12.1 Å². The number of hydrogen-bond donors (Lipinski definition) is 0. The summed E-state index contributed by atoms with van der Waals surface area (Å²) in [5.74, 6) is -0.705. The summed E-state index contributed by atoms with van der Waals surface area (Å²) >= 11 is 6.02. The summed E-state index contributed by atoms with van der Waals surface area (Å²) in [5.41, 5.74) is -1.25. The van der Waals surface area contributed by atoms with Gasteiger partial charge in [-0.05, 0) is 38.4 Å². The Bertz CT molecular complexity index is 1300. The molecule has 0 bridgehead atoms. The smallest absolute Gasteiger partial charge is 0.436 e. The highest BCUT2D eigenvalue weighted by molar-refractivity contribution is 7.90. The summed E-state index contributed by atoms with van der Waals surface area (Å²) < 4.78 is 75.5. The maximum atomic E-state index is 13.4. The molecule has 0 radical (unpaired) electrons. The summed E-state index contributed by atoms with van der Waals surface area (Å²) in [6.07, 6.45) is -3.82. The van der Waals surface area contributed by atoms with Crippen LogP contribution in [0.4, 0.5) is 13.2 Å². The summed E-state index contributed by atoms with van der Waals surface area (Å²) in [4.78, 5) is 14.0. The molecule has 0 aliphatic rings. The predicted octanol–water partition coefficient (Wildman–Crippen LogP) is 3.99. The van der Waals surface area contributed by atoms with E-state index in [1.54, 1.807) is 25.1 Å². The van der Waals surface area contributed by atoms with Crippen molar-refractivity contribution in [1.29, 1.82) is 0 Å². The predicted molar refractivity (Wildman–Crippen MR) is 118 cm³/mol. The van der Waals surface area contributed by atoms with E-state index in [1.165, 1.54) is 30.3 Å². The molecule has 0 aliphatic carbocycles. The van der Waals surface area contributed by atoms with Gasteiger partial charge in [0.15, 0.2) is 21.3 Å². The molecule has 34 heavy (non-hydrogen) atoms. The zero-order valence-electron chi connectivity index (χ0n) is 18.4. The third kappa shape index (κ3) is 5.99. The van der Waals surface area contributed by atoms with Gasteiger partial charge in [-0.1, -0.05) is 23.7 Å². The van der Waals surface area contributed by atoms with Crippen LogP contribution < -0.4 is 0 Å². The molecule has 0 atom stereocenters. The first kappa shape index (κ1) is 25.8. The van der Waals surface area contributed by atoms with E-state index in [0.717, 1.165) is 10.9 Å². The topological polar surface area (TPSA) is 94.6 Å². The first-order chi connectivity index (χ1) is 15.8. The van der Waals surface area contributed by atoms with Crippen LogP contribution in [0, 0.1) is 0 Å². The molecule has 13 heteroatoms. The Morgan fingerprint density at radius 1 is 1.21 bits per heavy atom. The van der Waals surface area contributed by atoms with E-state index in [4.69, 9.17) is 20.8 Å². The Hall–Kier alpha value is -2.83. The van der Waals surface area contributed by atoms with Crippen LogP contribution in [0.25, 0.3) is 22.8 Å². The summed E-state index contributed by atoms with van der Waals surface area (Å²) in [6, 6.07) is 8.69. The van der Waals surface area contributed by atoms with Gasteiger partial charge in [0.05, 0.1) is 4.90 Å². The Morgan fingerprint density at radius 2 is 1.88 bits per heavy atom. The first-order valence-electron chi connectivity index (χ1n) is 9.82.